The molecule has 120 valence electrons. The van der Waals surface area contributed by atoms with E-state index in [1.54, 1.807) is 14.2 Å². The fourth-order valence-electron chi connectivity index (χ4n) is 2.60. The molecule has 1 aromatic carbocycles. The minimum Gasteiger partial charge on any atom is -0.383 e. The predicted octanol–water partition coefficient (Wildman–Crippen LogP) is 2.44. The van der Waals surface area contributed by atoms with E-state index in [9.17, 15) is 0 Å². The maximum atomic E-state index is 6.06. The number of nitrogens with zero attached hydrogens (tertiary/aromatic N) is 1. The monoisotopic (exact) mass is 294 g/mol. The first kappa shape index (κ1) is 18.1. The highest BCUT2D eigenvalue weighted by atomic mass is 16.5. The molecule has 0 heterocycles. The SMILES string of the molecule is COCCN(CC(C)C)C(CN)c1cccc(COC)c1. The van der Waals surface area contributed by atoms with Crippen LogP contribution in [-0.4, -0.2) is 45.4 Å². The molecular formula is C17H30N2O2. The topological polar surface area (TPSA) is 47.7 Å². The van der Waals surface area contributed by atoms with Crippen LogP contribution in [0.25, 0.3) is 0 Å². The lowest BCUT2D eigenvalue weighted by molar-refractivity contribution is 0.112. The van der Waals surface area contributed by atoms with E-state index in [1.807, 2.05) is 0 Å². The molecule has 1 rings (SSSR count). The van der Waals surface area contributed by atoms with Crippen molar-refractivity contribution in [3.63, 3.8) is 0 Å². The van der Waals surface area contributed by atoms with Gasteiger partial charge in [-0.1, -0.05) is 38.1 Å². The molecule has 1 atom stereocenters. The lowest BCUT2D eigenvalue weighted by atomic mass is 10.0. The van der Waals surface area contributed by atoms with E-state index in [1.165, 1.54) is 11.1 Å². The van der Waals surface area contributed by atoms with Gasteiger partial charge in [-0.3, -0.25) is 4.90 Å². The molecule has 0 amide bonds. The molecule has 21 heavy (non-hydrogen) atoms. The van der Waals surface area contributed by atoms with Crippen molar-refractivity contribution in [2.24, 2.45) is 11.7 Å². The first-order chi connectivity index (χ1) is 10.1. The second-order valence-corrected chi connectivity index (χ2v) is 5.81. The first-order valence-electron chi connectivity index (χ1n) is 7.63. The summed E-state index contributed by atoms with van der Waals surface area (Å²) in [6, 6.07) is 8.73. The van der Waals surface area contributed by atoms with Gasteiger partial charge in [0.15, 0.2) is 0 Å². The third-order valence-electron chi connectivity index (χ3n) is 3.49. The number of hydrogen-bond acceptors (Lipinski definition) is 4. The second kappa shape index (κ2) is 9.90. The molecule has 0 aliphatic heterocycles. The Morgan fingerprint density at radius 3 is 2.52 bits per heavy atom. The van der Waals surface area contributed by atoms with Gasteiger partial charge in [-0.25, -0.2) is 0 Å². The fraction of sp³-hybridized carbons (Fsp3) is 0.647. The maximum Gasteiger partial charge on any atom is 0.0713 e. The molecule has 0 bridgehead atoms. The average molecular weight is 294 g/mol. The Morgan fingerprint density at radius 2 is 1.95 bits per heavy atom. The molecule has 1 aromatic rings. The van der Waals surface area contributed by atoms with Crippen molar-refractivity contribution in [1.29, 1.82) is 0 Å². The van der Waals surface area contributed by atoms with Crippen LogP contribution in [0.5, 0.6) is 0 Å². The first-order valence-corrected chi connectivity index (χ1v) is 7.63. The van der Waals surface area contributed by atoms with Crippen molar-refractivity contribution in [1.82, 2.24) is 4.90 Å². The summed E-state index contributed by atoms with van der Waals surface area (Å²) in [7, 11) is 3.46. The van der Waals surface area contributed by atoms with Crippen LogP contribution in [0.4, 0.5) is 0 Å². The number of ether oxygens (including phenoxy) is 2. The van der Waals surface area contributed by atoms with Crippen LogP contribution in [0.15, 0.2) is 24.3 Å². The molecule has 1 unspecified atom stereocenters. The smallest absolute Gasteiger partial charge is 0.0713 e. The zero-order chi connectivity index (χ0) is 15.7. The Balaban J connectivity index is 2.91. The average Bonchev–Trinajstić information content (AvgIpc) is 2.45. The van der Waals surface area contributed by atoms with Crippen LogP contribution in [-0.2, 0) is 16.1 Å². The van der Waals surface area contributed by atoms with Crippen molar-refractivity contribution in [3.05, 3.63) is 35.4 Å². The van der Waals surface area contributed by atoms with Crippen molar-refractivity contribution in [2.45, 2.75) is 26.5 Å². The van der Waals surface area contributed by atoms with Gasteiger partial charge in [0.25, 0.3) is 0 Å². The van der Waals surface area contributed by atoms with Crippen LogP contribution < -0.4 is 5.73 Å². The van der Waals surface area contributed by atoms with Gasteiger partial charge >= 0.3 is 0 Å². The van der Waals surface area contributed by atoms with Gasteiger partial charge in [0.1, 0.15) is 0 Å². The van der Waals surface area contributed by atoms with E-state index >= 15 is 0 Å². The van der Waals surface area contributed by atoms with E-state index < -0.39 is 0 Å². The Kier molecular flexibility index (Phi) is 8.54. The molecule has 0 saturated carbocycles. The Labute approximate surface area is 129 Å². The van der Waals surface area contributed by atoms with Crippen molar-refractivity contribution in [2.75, 3.05) is 40.5 Å². The van der Waals surface area contributed by atoms with Crippen molar-refractivity contribution in [3.8, 4) is 0 Å². The van der Waals surface area contributed by atoms with Gasteiger partial charge in [-0.05, 0) is 17.0 Å². The summed E-state index contributed by atoms with van der Waals surface area (Å²) >= 11 is 0. The van der Waals surface area contributed by atoms with Gasteiger partial charge < -0.3 is 15.2 Å². The third kappa shape index (κ3) is 6.14. The highest BCUT2D eigenvalue weighted by molar-refractivity contribution is 5.26. The third-order valence-corrected chi connectivity index (χ3v) is 3.49. The minimum absolute atomic E-state index is 0.222. The molecule has 2 N–H and O–H groups in total. The highest BCUT2D eigenvalue weighted by Crippen LogP contribution is 2.22. The lowest BCUT2D eigenvalue weighted by Crippen LogP contribution is -2.38. The second-order valence-electron chi connectivity index (χ2n) is 5.81. The van der Waals surface area contributed by atoms with Crippen LogP contribution in [0.1, 0.15) is 31.0 Å². The fourth-order valence-corrected chi connectivity index (χ4v) is 2.60. The summed E-state index contributed by atoms with van der Waals surface area (Å²) < 4.78 is 10.5. The summed E-state index contributed by atoms with van der Waals surface area (Å²) in [4.78, 5) is 2.42. The van der Waals surface area contributed by atoms with Crippen LogP contribution in [0, 0.1) is 5.92 Å². The van der Waals surface area contributed by atoms with Gasteiger partial charge in [0, 0.05) is 39.9 Å². The summed E-state index contributed by atoms with van der Waals surface area (Å²) in [5, 5.41) is 0. The molecule has 0 saturated heterocycles. The standard InChI is InChI=1S/C17H30N2O2/c1-14(2)12-19(8-9-20-3)17(11-18)16-7-5-6-15(10-16)13-21-4/h5-7,10,14,17H,8-9,11-13,18H2,1-4H3. The number of rotatable bonds is 10. The summed E-state index contributed by atoms with van der Waals surface area (Å²) in [5.41, 5.74) is 8.50. The Hall–Kier alpha value is -0.940. The predicted molar refractivity (Wildman–Crippen MR) is 87.2 cm³/mol. The molecule has 4 nitrogen and oxygen atoms in total. The molecule has 0 spiro atoms. The van der Waals surface area contributed by atoms with Gasteiger partial charge in [-0.2, -0.15) is 0 Å². The molecule has 4 heteroatoms. The van der Waals surface area contributed by atoms with Gasteiger partial charge in [-0.15, -0.1) is 0 Å². The van der Waals surface area contributed by atoms with Crippen molar-refractivity contribution >= 4 is 0 Å². The molecule has 0 aliphatic rings. The van der Waals surface area contributed by atoms with Crippen molar-refractivity contribution < 1.29 is 9.47 Å². The highest BCUT2D eigenvalue weighted by Gasteiger charge is 2.20. The van der Waals surface area contributed by atoms with E-state index in [4.69, 9.17) is 15.2 Å². The molecule has 0 aromatic heterocycles. The molecule has 0 fully saturated rings. The van der Waals surface area contributed by atoms with Crippen LogP contribution in [0.3, 0.4) is 0 Å². The number of methoxy groups -OCH3 is 2. The summed E-state index contributed by atoms with van der Waals surface area (Å²) in [6.45, 7) is 8.33. The Morgan fingerprint density at radius 1 is 1.19 bits per heavy atom. The van der Waals surface area contributed by atoms with Crippen LogP contribution >= 0.6 is 0 Å². The zero-order valence-corrected chi connectivity index (χ0v) is 13.8. The summed E-state index contributed by atoms with van der Waals surface area (Å²) in [5.74, 6) is 0.595. The quantitative estimate of drug-likeness (QED) is 0.720. The number of nitrogens with two attached hydrogens (primary N) is 1. The van der Waals surface area contributed by atoms with E-state index in [-0.39, 0.29) is 6.04 Å². The van der Waals surface area contributed by atoms with E-state index in [0.29, 0.717) is 19.1 Å². The van der Waals surface area contributed by atoms with E-state index in [2.05, 4.69) is 43.0 Å². The zero-order valence-electron chi connectivity index (χ0n) is 13.8. The molecule has 0 radical (unpaired) electrons. The van der Waals surface area contributed by atoms with Gasteiger partial charge in [0.2, 0.25) is 0 Å². The largest absolute Gasteiger partial charge is 0.383 e. The lowest BCUT2D eigenvalue weighted by Gasteiger charge is -2.32. The summed E-state index contributed by atoms with van der Waals surface area (Å²) in [6.07, 6.45) is 0. The normalized spacial score (nSPS) is 13.1. The maximum absolute atomic E-state index is 6.06. The van der Waals surface area contributed by atoms with Gasteiger partial charge in [0.05, 0.1) is 13.2 Å². The number of hydrogen-bond donors (Lipinski definition) is 1. The number of benzene rings is 1. The molecular weight excluding hydrogens is 264 g/mol. The van der Waals surface area contributed by atoms with Crippen LogP contribution in [0.2, 0.25) is 0 Å². The minimum atomic E-state index is 0.222. The van der Waals surface area contributed by atoms with E-state index in [0.717, 1.165) is 19.7 Å². The Bertz CT molecular complexity index is 396. The molecule has 0 aliphatic carbocycles.